The number of aromatic nitrogens is 4. The lowest BCUT2D eigenvalue weighted by molar-refractivity contribution is 0.347. The summed E-state index contributed by atoms with van der Waals surface area (Å²) in [4.78, 5) is 17.3. The Hall–Kier alpha value is -3.16. The predicted octanol–water partition coefficient (Wildman–Crippen LogP) is 3.21. The minimum absolute atomic E-state index is 0.0896. The quantitative estimate of drug-likeness (QED) is 0.689. The van der Waals surface area contributed by atoms with Gasteiger partial charge in [-0.2, -0.15) is 9.97 Å². The minimum atomic E-state index is 0.0896. The molecule has 0 spiro atoms. The number of aryl methyl sites for hydroxylation is 2. The molecule has 0 saturated carbocycles. The minimum Gasteiger partial charge on any atom is -0.481 e. The highest BCUT2D eigenvalue weighted by Crippen LogP contribution is 2.33. The van der Waals surface area contributed by atoms with Crippen LogP contribution in [0.25, 0.3) is 11.6 Å². The zero-order valence-electron chi connectivity index (χ0n) is 14.6. The summed E-state index contributed by atoms with van der Waals surface area (Å²) < 4.78 is 22.0. The predicted molar refractivity (Wildman–Crippen MR) is 91.6 cm³/mol. The molecule has 0 saturated heterocycles. The first-order valence-electron chi connectivity index (χ1n) is 8.35. The van der Waals surface area contributed by atoms with Crippen molar-refractivity contribution in [3.8, 4) is 35.1 Å². The van der Waals surface area contributed by atoms with Gasteiger partial charge in [0.2, 0.25) is 17.7 Å². The first kappa shape index (κ1) is 16.3. The van der Waals surface area contributed by atoms with Gasteiger partial charge in [-0.05, 0) is 31.4 Å². The van der Waals surface area contributed by atoms with Crippen LogP contribution in [0.5, 0.6) is 23.5 Å². The van der Waals surface area contributed by atoms with Gasteiger partial charge in [-0.1, -0.05) is 0 Å². The van der Waals surface area contributed by atoms with Gasteiger partial charge in [0.25, 0.3) is 0 Å². The lowest BCUT2D eigenvalue weighted by Crippen LogP contribution is -2.00. The number of oxazole rings is 1. The lowest BCUT2D eigenvalue weighted by atomic mass is 10.0. The highest BCUT2D eigenvalue weighted by molar-refractivity contribution is 5.58. The van der Waals surface area contributed by atoms with Gasteiger partial charge >= 0.3 is 6.01 Å². The highest BCUT2D eigenvalue weighted by atomic mass is 16.5. The van der Waals surface area contributed by atoms with Crippen LogP contribution in [0.4, 0.5) is 0 Å². The molecule has 4 rings (SSSR count). The molecule has 0 aromatic carbocycles. The first-order chi connectivity index (χ1) is 12.8. The molecule has 3 aromatic rings. The van der Waals surface area contributed by atoms with Crippen molar-refractivity contribution in [3.05, 3.63) is 35.9 Å². The smallest absolute Gasteiger partial charge is 0.328 e. The summed E-state index contributed by atoms with van der Waals surface area (Å²) in [5, 5.41) is 0. The maximum Gasteiger partial charge on any atom is 0.328 e. The third-order valence-electron chi connectivity index (χ3n) is 4.10. The van der Waals surface area contributed by atoms with Crippen molar-refractivity contribution in [2.75, 3.05) is 14.2 Å². The Labute approximate surface area is 150 Å². The summed E-state index contributed by atoms with van der Waals surface area (Å²) in [5.74, 6) is 2.50. The van der Waals surface area contributed by atoms with Crippen LogP contribution in [0, 0.1) is 0 Å². The fraction of sp³-hybridized carbons (Fsp3) is 0.333. The SMILES string of the molecule is COc1cc(OC)nc(Oc2cccnc2-c2nc3c(o2)CCCC3)n1. The number of pyridine rings is 1. The zero-order chi connectivity index (χ0) is 17.9. The first-order valence-corrected chi connectivity index (χ1v) is 8.35. The number of hydrogen-bond donors (Lipinski definition) is 0. The Morgan fingerprint density at radius 2 is 1.77 bits per heavy atom. The van der Waals surface area contributed by atoms with Gasteiger partial charge in [0.05, 0.1) is 26.0 Å². The second kappa shape index (κ2) is 6.99. The Morgan fingerprint density at radius 3 is 2.50 bits per heavy atom. The van der Waals surface area contributed by atoms with Crippen LogP contribution < -0.4 is 14.2 Å². The van der Waals surface area contributed by atoms with Crippen molar-refractivity contribution < 1.29 is 18.6 Å². The van der Waals surface area contributed by atoms with Gasteiger partial charge < -0.3 is 18.6 Å². The third kappa shape index (κ3) is 3.17. The average molecular weight is 354 g/mol. The number of methoxy groups -OCH3 is 2. The Kier molecular flexibility index (Phi) is 4.39. The van der Waals surface area contributed by atoms with E-state index in [0.29, 0.717) is 29.1 Å². The highest BCUT2D eigenvalue weighted by Gasteiger charge is 2.21. The second-order valence-corrected chi connectivity index (χ2v) is 5.78. The number of ether oxygens (including phenoxy) is 3. The maximum absolute atomic E-state index is 5.92. The Balaban J connectivity index is 1.69. The van der Waals surface area contributed by atoms with E-state index < -0.39 is 0 Å². The van der Waals surface area contributed by atoms with Crippen LogP contribution in [-0.2, 0) is 12.8 Å². The monoisotopic (exact) mass is 354 g/mol. The molecule has 0 N–H and O–H groups in total. The molecule has 26 heavy (non-hydrogen) atoms. The van der Waals surface area contributed by atoms with Crippen LogP contribution in [0.2, 0.25) is 0 Å². The largest absolute Gasteiger partial charge is 0.481 e. The summed E-state index contributed by atoms with van der Waals surface area (Å²) >= 11 is 0. The van der Waals surface area contributed by atoms with Gasteiger partial charge in [0.15, 0.2) is 11.4 Å². The van der Waals surface area contributed by atoms with Gasteiger partial charge in [-0.3, -0.25) is 0 Å². The third-order valence-corrected chi connectivity index (χ3v) is 4.10. The lowest BCUT2D eigenvalue weighted by Gasteiger charge is -2.09. The standard InChI is InChI=1S/C18H18N4O4/c1-23-14-10-15(24-2)22-18(21-14)26-13-8-5-9-19-16(13)17-20-11-6-3-4-7-12(11)25-17/h5,8-10H,3-4,6-7H2,1-2H3. The topological polar surface area (TPSA) is 92.4 Å². The molecule has 0 atom stereocenters. The average Bonchev–Trinajstić information content (AvgIpc) is 3.12. The van der Waals surface area contributed by atoms with E-state index in [-0.39, 0.29) is 6.01 Å². The molecule has 0 radical (unpaired) electrons. The summed E-state index contributed by atoms with van der Waals surface area (Å²) in [5.41, 5.74) is 1.51. The van der Waals surface area contributed by atoms with Gasteiger partial charge in [-0.15, -0.1) is 0 Å². The molecular weight excluding hydrogens is 336 g/mol. The fourth-order valence-electron chi connectivity index (χ4n) is 2.82. The van der Waals surface area contributed by atoms with Crippen LogP contribution >= 0.6 is 0 Å². The van der Waals surface area contributed by atoms with Crippen molar-refractivity contribution >= 4 is 0 Å². The molecule has 1 aliphatic carbocycles. The van der Waals surface area contributed by atoms with Crippen LogP contribution in [0.15, 0.2) is 28.8 Å². The van der Waals surface area contributed by atoms with Crippen molar-refractivity contribution in [2.45, 2.75) is 25.7 Å². The summed E-state index contributed by atoms with van der Waals surface area (Å²) in [6.07, 6.45) is 5.74. The Morgan fingerprint density at radius 1 is 1.00 bits per heavy atom. The summed E-state index contributed by atoms with van der Waals surface area (Å²) in [7, 11) is 3.02. The number of hydrogen-bond acceptors (Lipinski definition) is 8. The molecule has 0 unspecified atom stereocenters. The molecular formula is C18H18N4O4. The molecule has 3 aromatic heterocycles. The molecule has 8 heteroatoms. The van der Waals surface area contributed by atoms with Crippen molar-refractivity contribution in [2.24, 2.45) is 0 Å². The molecule has 0 bridgehead atoms. The van der Waals surface area contributed by atoms with E-state index in [1.807, 2.05) is 0 Å². The van der Waals surface area contributed by atoms with E-state index in [0.717, 1.165) is 37.1 Å². The van der Waals surface area contributed by atoms with Crippen molar-refractivity contribution in [1.82, 2.24) is 19.9 Å². The van der Waals surface area contributed by atoms with Crippen molar-refractivity contribution in [3.63, 3.8) is 0 Å². The number of rotatable bonds is 5. The fourth-order valence-corrected chi connectivity index (χ4v) is 2.82. The van der Waals surface area contributed by atoms with E-state index in [2.05, 4.69) is 19.9 Å². The summed E-state index contributed by atoms with van der Waals surface area (Å²) in [6, 6.07) is 5.19. The van der Waals surface area contributed by atoms with Gasteiger partial charge in [-0.25, -0.2) is 9.97 Å². The number of nitrogens with zero attached hydrogens (tertiary/aromatic N) is 4. The van der Waals surface area contributed by atoms with Crippen LogP contribution in [0.1, 0.15) is 24.3 Å². The molecule has 8 nitrogen and oxygen atoms in total. The van der Waals surface area contributed by atoms with E-state index in [1.165, 1.54) is 14.2 Å². The van der Waals surface area contributed by atoms with E-state index in [1.54, 1.807) is 24.4 Å². The van der Waals surface area contributed by atoms with Crippen LogP contribution in [-0.4, -0.2) is 34.2 Å². The van der Waals surface area contributed by atoms with Crippen molar-refractivity contribution in [1.29, 1.82) is 0 Å². The van der Waals surface area contributed by atoms with E-state index in [9.17, 15) is 0 Å². The molecule has 134 valence electrons. The molecule has 3 heterocycles. The van der Waals surface area contributed by atoms with Gasteiger partial charge in [0.1, 0.15) is 5.76 Å². The normalized spacial score (nSPS) is 13.2. The van der Waals surface area contributed by atoms with E-state index >= 15 is 0 Å². The van der Waals surface area contributed by atoms with E-state index in [4.69, 9.17) is 18.6 Å². The van der Waals surface area contributed by atoms with Crippen LogP contribution in [0.3, 0.4) is 0 Å². The Bertz CT molecular complexity index is 880. The molecule has 0 amide bonds. The second-order valence-electron chi connectivity index (χ2n) is 5.78. The van der Waals surface area contributed by atoms with Gasteiger partial charge in [0, 0.05) is 12.6 Å². The molecule has 0 aliphatic heterocycles. The number of fused-ring (bicyclic) bond motifs is 1. The zero-order valence-corrected chi connectivity index (χ0v) is 14.6. The molecule has 0 fully saturated rings. The summed E-state index contributed by atoms with van der Waals surface area (Å²) in [6.45, 7) is 0. The molecule has 1 aliphatic rings. The maximum atomic E-state index is 5.92.